The van der Waals surface area contributed by atoms with Crippen LogP contribution in [0.4, 0.5) is 0 Å². The molecule has 13 heavy (non-hydrogen) atoms. The van der Waals surface area contributed by atoms with Crippen molar-refractivity contribution in [2.24, 2.45) is 5.73 Å². The normalized spacial score (nSPS) is 9.15. The third kappa shape index (κ3) is 3.25. The molecule has 0 heterocycles. The number of aryl methyl sites for hydroxylation is 1. The van der Waals surface area contributed by atoms with Gasteiger partial charge in [-0.25, -0.2) is 0 Å². The zero-order valence-electron chi connectivity index (χ0n) is 8.04. The molecule has 1 aromatic rings. The smallest absolute Gasteiger partial charge is 0.122 e. The molecule has 2 nitrogen and oxygen atoms in total. The highest BCUT2D eigenvalue weighted by atomic mass is 35.5. The van der Waals surface area contributed by atoms with Crippen LogP contribution in [-0.4, -0.2) is 13.7 Å². The van der Waals surface area contributed by atoms with Crippen LogP contribution in [0.15, 0.2) is 18.2 Å². The molecular weight excluding hydrogens is 186 g/mol. The SMILES string of the molecule is COc1ccc(C)cc1CCN.Cl. The van der Waals surface area contributed by atoms with E-state index < -0.39 is 0 Å². The first-order valence-corrected chi connectivity index (χ1v) is 4.11. The van der Waals surface area contributed by atoms with Crippen molar-refractivity contribution in [1.82, 2.24) is 0 Å². The Balaban J connectivity index is 0.00000144. The molecule has 0 atom stereocenters. The van der Waals surface area contributed by atoms with E-state index in [1.807, 2.05) is 12.1 Å². The van der Waals surface area contributed by atoms with Gasteiger partial charge in [0.2, 0.25) is 0 Å². The Bertz CT molecular complexity index is 263. The predicted octanol–water partition coefficient (Wildman–Crippen LogP) is 1.93. The largest absolute Gasteiger partial charge is 0.496 e. The Morgan fingerprint density at radius 3 is 2.62 bits per heavy atom. The fraction of sp³-hybridized carbons (Fsp3) is 0.400. The second kappa shape index (κ2) is 5.84. The van der Waals surface area contributed by atoms with Gasteiger partial charge in [0.05, 0.1) is 7.11 Å². The first-order chi connectivity index (χ1) is 5.77. The second-order valence-electron chi connectivity index (χ2n) is 2.85. The zero-order chi connectivity index (χ0) is 8.97. The van der Waals surface area contributed by atoms with E-state index in [1.54, 1.807) is 7.11 Å². The van der Waals surface area contributed by atoms with E-state index in [4.69, 9.17) is 10.5 Å². The minimum Gasteiger partial charge on any atom is -0.496 e. The van der Waals surface area contributed by atoms with Crippen LogP contribution in [0.1, 0.15) is 11.1 Å². The van der Waals surface area contributed by atoms with Crippen molar-refractivity contribution in [2.45, 2.75) is 13.3 Å². The fourth-order valence-corrected chi connectivity index (χ4v) is 1.26. The van der Waals surface area contributed by atoms with Crippen LogP contribution in [0, 0.1) is 6.92 Å². The van der Waals surface area contributed by atoms with Crippen molar-refractivity contribution in [3.05, 3.63) is 29.3 Å². The van der Waals surface area contributed by atoms with Crippen molar-refractivity contribution in [2.75, 3.05) is 13.7 Å². The van der Waals surface area contributed by atoms with E-state index in [0.717, 1.165) is 12.2 Å². The average Bonchev–Trinajstić information content (AvgIpc) is 2.05. The van der Waals surface area contributed by atoms with Gasteiger partial charge in [0, 0.05) is 0 Å². The highest BCUT2D eigenvalue weighted by Crippen LogP contribution is 2.19. The van der Waals surface area contributed by atoms with Crippen molar-refractivity contribution in [3.8, 4) is 5.75 Å². The molecule has 0 aliphatic heterocycles. The van der Waals surface area contributed by atoms with Crippen molar-refractivity contribution in [1.29, 1.82) is 0 Å². The lowest BCUT2D eigenvalue weighted by Crippen LogP contribution is -2.04. The summed E-state index contributed by atoms with van der Waals surface area (Å²) in [6, 6.07) is 6.14. The Labute approximate surface area is 85.5 Å². The monoisotopic (exact) mass is 201 g/mol. The van der Waals surface area contributed by atoms with Crippen LogP contribution >= 0.6 is 12.4 Å². The molecule has 0 radical (unpaired) electrons. The summed E-state index contributed by atoms with van der Waals surface area (Å²) in [5.41, 5.74) is 7.92. The molecule has 74 valence electrons. The van der Waals surface area contributed by atoms with Crippen molar-refractivity contribution in [3.63, 3.8) is 0 Å². The number of hydrogen-bond donors (Lipinski definition) is 1. The van der Waals surface area contributed by atoms with Crippen molar-refractivity contribution >= 4 is 12.4 Å². The molecule has 3 heteroatoms. The minimum atomic E-state index is 0. The maximum absolute atomic E-state index is 5.48. The summed E-state index contributed by atoms with van der Waals surface area (Å²) in [6.45, 7) is 2.74. The Kier molecular flexibility index (Phi) is 5.51. The molecule has 0 aliphatic carbocycles. The first kappa shape index (κ1) is 12.3. The Hall–Kier alpha value is -0.730. The number of methoxy groups -OCH3 is 1. The Morgan fingerprint density at radius 1 is 1.38 bits per heavy atom. The zero-order valence-corrected chi connectivity index (χ0v) is 8.86. The lowest BCUT2D eigenvalue weighted by Gasteiger charge is -2.07. The summed E-state index contributed by atoms with van der Waals surface area (Å²) < 4.78 is 5.20. The van der Waals surface area contributed by atoms with Gasteiger partial charge in [-0.3, -0.25) is 0 Å². The third-order valence-corrected chi connectivity index (χ3v) is 1.85. The number of rotatable bonds is 3. The van der Waals surface area contributed by atoms with Gasteiger partial charge in [-0.1, -0.05) is 17.7 Å². The van der Waals surface area contributed by atoms with Gasteiger partial charge in [-0.15, -0.1) is 12.4 Å². The van der Waals surface area contributed by atoms with E-state index in [9.17, 15) is 0 Å². The molecule has 0 aromatic heterocycles. The van der Waals surface area contributed by atoms with E-state index >= 15 is 0 Å². The fourth-order valence-electron chi connectivity index (χ4n) is 1.26. The quantitative estimate of drug-likeness (QED) is 0.811. The van der Waals surface area contributed by atoms with Crippen LogP contribution in [-0.2, 0) is 6.42 Å². The van der Waals surface area contributed by atoms with E-state index in [1.165, 1.54) is 11.1 Å². The van der Waals surface area contributed by atoms with Crippen LogP contribution < -0.4 is 10.5 Å². The topological polar surface area (TPSA) is 35.2 Å². The van der Waals surface area contributed by atoms with Gasteiger partial charge >= 0.3 is 0 Å². The summed E-state index contributed by atoms with van der Waals surface area (Å²) in [5, 5.41) is 0. The molecule has 0 amide bonds. The van der Waals surface area contributed by atoms with Gasteiger partial charge in [-0.05, 0) is 31.5 Å². The summed E-state index contributed by atoms with van der Waals surface area (Å²) in [5.74, 6) is 0.936. The van der Waals surface area contributed by atoms with Gasteiger partial charge in [0.1, 0.15) is 5.75 Å². The Morgan fingerprint density at radius 2 is 2.08 bits per heavy atom. The summed E-state index contributed by atoms with van der Waals surface area (Å²) in [6.07, 6.45) is 0.880. The van der Waals surface area contributed by atoms with Gasteiger partial charge < -0.3 is 10.5 Å². The highest BCUT2D eigenvalue weighted by Gasteiger charge is 2.00. The molecule has 1 rings (SSSR count). The molecule has 0 spiro atoms. The van der Waals surface area contributed by atoms with E-state index in [2.05, 4.69) is 13.0 Å². The molecule has 0 fully saturated rings. The lowest BCUT2D eigenvalue weighted by molar-refractivity contribution is 0.409. The molecule has 2 N–H and O–H groups in total. The average molecular weight is 202 g/mol. The lowest BCUT2D eigenvalue weighted by atomic mass is 10.1. The molecule has 0 saturated heterocycles. The van der Waals surface area contributed by atoms with Crippen LogP contribution in [0.5, 0.6) is 5.75 Å². The standard InChI is InChI=1S/C10H15NO.ClH/c1-8-3-4-10(12-2)9(7-8)5-6-11;/h3-4,7H,5-6,11H2,1-2H3;1H. The summed E-state index contributed by atoms with van der Waals surface area (Å²) >= 11 is 0. The third-order valence-electron chi connectivity index (χ3n) is 1.85. The summed E-state index contributed by atoms with van der Waals surface area (Å²) in [7, 11) is 1.69. The molecular formula is C10H16ClNO. The van der Waals surface area contributed by atoms with Crippen LogP contribution in [0.2, 0.25) is 0 Å². The maximum atomic E-state index is 5.48. The number of ether oxygens (including phenoxy) is 1. The first-order valence-electron chi connectivity index (χ1n) is 4.11. The van der Waals surface area contributed by atoms with E-state index in [-0.39, 0.29) is 12.4 Å². The van der Waals surface area contributed by atoms with Crippen LogP contribution in [0.3, 0.4) is 0 Å². The van der Waals surface area contributed by atoms with Crippen LogP contribution in [0.25, 0.3) is 0 Å². The number of benzene rings is 1. The second-order valence-corrected chi connectivity index (χ2v) is 2.85. The number of halogens is 1. The van der Waals surface area contributed by atoms with Gasteiger partial charge in [0.25, 0.3) is 0 Å². The maximum Gasteiger partial charge on any atom is 0.122 e. The molecule has 0 unspecified atom stereocenters. The molecule has 1 aromatic carbocycles. The van der Waals surface area contributed by atoms with Gasteiger partial charge in [0.15, 0.2) is 0 Å². The summed E-state index contributed by atoms with van der Waals surface area (Å²) in [4.78, 5) is 0. The number of hydrogen-bond acceptors (Lipinski definition) is 2. The minimum absolute atomic E-state index is 0. The van der Waals surface area contributed by atoms with Crippen molar-refractivity contribution < 1.29 is 4.74 Å². The molecule has 0 aliphatic rings. The number of nitrogens with two attached hydrogens (primary N) is 1. The van der Waals surface area contributed by atoms with Gasteiger partial charge in [-0.2, -0.15) is 0 Å². The molecule has 0 saturated carbocycles. The molecule has 0 bridgehead atoms. The van der Waals surface area contributed by atoms with E-state index in [0.29, 0.717) is 6.54 Å². The predicted molar refractivity (Wildman–Crippen MR) is 57.7 cm³/mol. The highest BCUT2D eigenvalue weighted by molar-refractivity contribution is 5.85.